The number of carbonyl (C=O) groups is 1. The van der Waals surface area contributed by atoms with Crippen LogP contribution in [0.5, 0.6) is 0 Å². The predicted molar refractivity (Wildman–Crippen MR) is 81.1 cm³/mol. The highest BCUT2D eigenvalue weighted by molar-refractivity contribution is 7.92. The zero-order valence-corrected chi connectivity index (χ0v) is 14.6. The summed E-state index contributed by atoms with van der Waals surface area (Å²) in [5.41, 5.74) is -0.385. The van der Waals surface area contributed by atoms with Gasteiger partial charge in [0, 0.05) is 24.5 Å². The molecule has 1 aliphatic heterocycles. The summed E-state index contributed by atoms with van der Waals surface area (Å²) < 4.78 is 47.8. The van der Waals surface area contributed by atoms with Gasteiger partial charge in [-0.05, 0) is 27.2 Å². The largest absolute Gasteiger partial charge is 0.351 e. The SMILES string of the molecule is CC(C)(C)NC(=O)CCN(C1CCS(=O)(=O)C1)S(C)(=O)=O. The van der Waals surface area contributed by atoms with Gasteiger partial charge >= 0.3 is 0 Å². The van der Waals surface area contributed by atoms with Crippen molar-refractivity contribution in [3.63, 3.8) is 0 Å². The number of nitrogens with one attached hydrogen (secondary N) is 1. The van der Waals surface area contributed by atoms with E-state index in [9.17, 15) is 21.6 Å². The third-order valence-corrected chi connectivity index (χ3v) is 6.20. The van der Waals surface area contributed by atoms with Gasteiger partial charge in [-0.15, -0.1) is 0 Å². The Morgan fingerprint density at radius 1 is 1.33 bits per heavy atom. The first-order valence-electron chi connectivity index (χ1n) is 6.78. The maximum Gasteiger partial charge on any atom is 0.221 e. The molecule has 7 nitrogen and oxygen atoms in total. The van der Waals surface area contributed by atoms with Crippen LogP contribution in [-0.4, -0.2) is 62.9 Å². The van der Waals surface area contributed by atoms with E-state index in [0.29, 0.717) is 0 Å². The molecule has 1 aliphatic rings. The molecule has 0 aromatic heterocycles. The molecule has 1 amide bonds. The number of nitrogens with zero attached hydrogens (tertiary/aromatic N) is 1. The molecule has 1 N–H and O–H groups in total. The molecule has 0 aromatic carbocycles. The zero-order valence-electron chi connectivity index (χ0n) is 12.9. The van der Waals surface area contributed by atoms with Gasteiger partial charge < -0.3 is 5.32 Å². The molecule has 0 bridgehead atoms. The number of rotatable bonds is 5. The topological polar surface area (TPSA) is 101 Å². The van der Waals surface area contributed by atoms with Crippen LogP contribution in [0.15, 0.2) is 0 Å². The van der Waals surface area contributed by atoms with Gasteiger partial charge in [0.05, 0.1) is 17.8 Å². The van der Waals surface area contributed by atoms with E-state index < -0.39 is 25.9 Å². The summed E-state index contributed by atoms with van der Waals surface area (Å²) in [5.74, 6) is -0.421. The standard InChI is InChI=1S/C12H24N2O5S2/c1-12(2,3)13-11(15)5-7-14(20(4,16)17)10-6-8-21(18,19)9-10/h10H,5-9H2,1-4H3,(H,13,15). The van der Waals surface area contributed by atoms with Crippen molar-refractivity contribution >= 4 is 25.8 Å². The Kier molecular flexibility index (Phi) is 5.44. The molecule has 1 unspecified atom stereocenters. The lowest BCUT2D eigenvalue weighted by atomic mass is 10.1. The van der Waals surface area contributed by atoms with E-state index >= 15 is 0 Å². The molecule has 0 aliphatic carbocycles. The quantitative estimate of drug-likeness (QED) is 0.743. The van der Waals surface area contributed by atoms with Crippen molar-refractivity contribution in [3.05, 3.63) is 0 Å². The number of hydrogen-bond acceptors (Lipinski definition) is 5. The van der Waals surface area contributed by atoms with Gasteiger partial charge in [-0.1, -0.05) is 0 Å². The van der Waals surface area contributed by atoms with E-state index in [1.165, 1.54) is 0 Å². The molecule has 9 heteroatoms. The average Bonchev–Trinajstić information content (AvgIpc) is 2.54. The van der Waals surface area contributed by atoms with E-state index in [1.807, 2.05) is 20.8 Å². The number of hydrogen-bond donors (Lipinski definition) is 1. The van der Waals surface area contributed by atoms with Gasteiger partial charge in [0.15, 0.2) is 9.84 Å². The minimum atomic E-state index is -3.55. The Morgan fingerprint density at radius 2 is 1.90 bits per heavy atom. The Balaban J connectivity index is 2.72. The fraction of sp³-hybridized carbons (Fsp3) is 0.917. The second-order valence-corrected chi connectivity index (χ2v) is 10.6. The normalized spacial score (nSPS) is 22.4. The minimum Gasteiger partial charge on any atom is -0.351 e. The number of carbonyl (C=O) groups excluding carboxylic acids is 1. The van der Waals surface area contributed by atoms with Gasteiger partial charge in [0.25, 0.3) is 0 Å². The summed E-state index contributed by atoms with van der Waals surface area (Å²) in [6.07, 6.45) is 1.34. The lowest BCUT2D eigenvalue weighted by Crippen LogP contribution is -2.45. The highest BCUT2D eigenvalue weighted by Crippen LogP contribution is 2.20. The zero-order chi connectivity index (χ0) is 16.5. The second kappa shape index (κ2) is 6.21. The van der Waals surface area contributed by atoms with E-state index in [-0.39, 0.29) is 42.3 Å². The van der Waals surface area contributed by atoms with E-state index in [4.69, 9.17) is 0 Å². The molecule has 0 radical (unpaired) electrons. The summed E-state index contributed by atoms with van der Waals surface area (Å²) in [6.45, 7) is 5.51. The van der Waals surface area contributed by atoms with Crippen LogP contribution in [0.2, 0.25) is 0 Å². The Hall–Kier alpha value is -0.670. The third-order valence-electron chi connectivity index (χ3n) is 3.12. The van der Waals surface area contributed by atoms with Crippen molar-refractivity contribution in [3.8, 4) is 0 Å². The summed E-state index contributed by atoms with van der Waals surface area (Å²) >= 11 is 0. The van der Waals surface area contributed by atoms with E-state index in [2.05, 4.69) is 5.32 Å². The van der Waals surface area contributed by atoms with Crippen LogP contribution in [0.1, 0.15) is 33.6 Å². The molecule has 1 rings (SSSR count). The van der Waals surface area contributed by atoms with Crippen LogP contribution in [0.25, 0.3) is 0 Å². The Morgan fingerprint density at radius 3 is 2.29 bits per heavy atom. The molecule has 1 heterocycles. The predicted octanol–water partition coefficient (Wildman–Crippen LogP) is -0.260. The highest BCUT2D eigenvalue weighted by Gasteiger charge is 2.36. The molecule has 0 aromatic rings. The molecule has 21 heavy (non-hydrogen) atoms. The fourth-order valence-corrected chi connectivity index (χ4v) is 5.28. The second-order valence-electron chi connectivity index (χ2n) is 6.48. The van der Waals surface area contributed by atoms with Gasteiger partial charge in [0.2, 0.25) is 15.9 Å². The van der Waals surface area contributed by atoms with Crippen molar-refractivity contribution in [2.45, 2.75) is 45.2 Å². The monoisotopic (exact) mass is 340 g/mol. The summed E-state index contributed by atoms with van der Waals surface area (Å²) in [6, 6.07) is -0.563. The number of sulfonamides is 1. The van der Waals surface area contributed by atoms with Crippen LogP contribution in [-0.2, 0) is 24.7 Å². The van der Waals surface area contributed by atoms with Crippen LogP contribution in [0.4, 0.5) is 0 Å². The fourth-order valence-electron chi connectivity index (χ4n) is 2.31. The van der Waals surface area contributed by atoms with Crippen molar-refractivity contribution in [1.82, 2.24) is 9.62 Å². The van der Waals surface area contributed by atoms with Crippen molar-refractivity contribution < 1.29 is 21.6 Å². The third kappa shape index (κ3) is 6.31. The molecule has 1 saturated heterocycles. The van der Waals surface area contributed by atoms with Crippen molar-refractivity contribution in [2.24, 2.45) is 0 Å². The smallest absolute Gasteiger partial charge is 0.221 e. The van der Waals surface area contributed by atoms with E-state index in [0.717, 1.165) is 10.6 Å². The highest BCUT2D eigenvalue weighted by atomic mass is 32.2. The molecule has 1 atom stereocenters. The summed E-state index contributed by atoms with van der Waals surface area (Å²) in [4.78, 5) is 11.8. The van der Waals surface area contributed by atoms with Crippen LogP contribution < -0.4 is 5.32 Å². The lowest BCUT2D eigenvalue weighted by molar-refractivity contribution is -0.122. The first-order chi connectivity index (χ1) is 9.30. The van der Waals surface area contributed by atoms with Crippen molar-refractivity contribution in [2.75, 3.05) is 24.3 Å². The van der Waals surface area contributed by atoms with Gasteiger partial charge in [-0.25, -0.2) is 16.8 Å². The summed E-state index contributed by atoms with van der Waals surface area (Å²) in [5, 5.41) is 2.75. The van der Waals surface area contributed by atoms with Gasteiger partial charge in [0.1, 0.15) is 0 Å². The Bertz CT molecular complexity index is 590. The summed E-state index contributed by atoms with van der Waals surface area (Å²) in [7, 11) is -6.72. The first-order valence-corrected chi connectivity index (χ1v) is 10.5. The average molecular weight is 340 g/mol. The maximum absolute atomic E-state index is 11.8. The molecule has 0 saturated carbocycles. The van der Waals surface area contributed by atoms with Crippen molar-refractivity contribution in [1.29, 1.82) is 0 Å². The molecular formula is C12H24N2O5S2. The number of sulfone groups is 1. The Labute approximate surface area is 127 Å². The number of amides is 1. The molecule has 1 fully saturated rings. The van der Waals surface area contributed by atoms with Crippen LogP contribution in [0.3, 0.4) is 0 Å². The molecule has 0 spiro atoms. The molecule has 124 valence electrons. The maximum atomic E-state index is 11.8. The molecular weight excluding hydrogens is 316 g/mol. The van der Waals surface area contributed by atoms with Gasteiger partial charge in [-0.3, -0.25) is 4.79 Å². The van der Waals surface area contributed by atoms with Crippen LogP contribution in [0, 0.1) is 0 Å². The first kappa shape index (κ1) is 18.4. The van der Waals surface area contributed by atoms with Crippen LogP contribution >= 0.6 is 0 Å². The minimum absolute atomic E-state index is 0.000926. The van der Waals surface area contributed by atoms with E-state index in [1.54, 1.807) is 0 Å². The van der Waals surface area contributed by atoms with Gasteiger partial charge in [-0.2, -0.15) is 4.31 Å². The lowest BCUT2D eigenvalue weighted by Gasteiger charge is -2.26.